The van der Waals surface area contributed by atoms with Crippen molar-refractivity contribution in [3.05, 3.63) is 30.3 Å². The molecule has 4 atom stereocenters. The highest BCUT2D eigenvalue weighted by atomic mass is 16.6. The average Bonchev–Trinajstić information content (AvgIpc) is 2.82. The molecule has 7 heteroatoms. The molecule has 0 aromatic heterocycles. The molecule has 0 saturated heterocycles. The van der Waals surface area contributed by atoms with Gasteiger partial charge in [-0.25, -0.2) is 4.79 Å². The van der Waals surface area contributed by atoms with Gasteiger partial charge in [0.2, 0.25) is 5.91 Å². The molecule has 2 rings (SSSR count). The first-order valence-corrected chi connectivity index (χ1v) is 9.26. The molecule has 2 amide bonds. The van der Waals surface area contributed by atoms with Crippen molar-refractivity contribution in [1.29, 1.82) is 0 Å². The lowest BCUT2D eigenvalue weighted by atomic mass is 10.1. The Balaban J connectivity index is 2.12. The summed E-state index contributed by atoms with van der Waals surface area (Å²) in [7, 11) is 0. The van der Waals surface area contributed by atoms with Crippen LogP contribution in [0.4, 0.5) is 4.79 Å². The van der Waals surface area contributed by atoms with Gasteiger partial charge in [0.05, 0.1) is 12.1 Å². The Kier molecular flexibility index (Phi) is 6.70. The number of rotatable bonds is 5. The van der Waals surface area contributed by atoms with E-state index in [0.29, 0.717) is 12.2 Å². The van der Waals surface area contributed by atoms with Gasteiger partial charge in [-0.05, 0) is 32.9 Å². The van der Waals surface area contributed by atoms with Crippen molar-refractivity contribution in [2.24, 2.45) is 5.92 Å². The van der Waals surface area contributed by atoms with Crippen LogP contribution in [0.2, 0.25) is 0 Å². The molecule has 150 valence electrons. The smallest absolute Gasteiger partial charge is 0.407 e. The number of hydrogen-bond acceptors (Lipinski definition) is 5. The van der Waals surface area contributed by atoms with Crippen molar-refractivity contribution in [3.63, 3.8) is 0 Å². The van der Waals surface area contributed by atoms with Gasteiger partial charge in [-0.2, -0.15) is 0 Å². The Hall–Kier alpha value is -2.28. The molecule has 0 unspecified atom stereocenters. The second-order valence-electron chi connectivity index (χ2n) is 8.14. The molecule has 27 heavy (non-hydrogen) atoms. The second kappa shape index (κ2) is 8.61. The summed E-state index contributed by atoms with van der Waals surface area (Å²) in [5.74, 6) is 0.178. The Morgan fingerprint density at radius 3 is 2.33 bits per heavy atom. The van der Waals surface area contributed by atoms with Gasteiger partial charge in [0.1, 0.15) is 23.6 Å². The summed E-state index contributed by atoms with van der Waals surface area (Å²) < 4.78 is 11.2. The van der Waals surface area contributed by atoms with Crippen LogP contribution in [-0.4, -0.2) is 47.0 Å². The van der Waals surface area contributed by atoms with E-state index in [1.165, 1.54) is 0 Å². The van der Waals surface area contributed by atoms with Crippen LogP contribution < -0.4 is 15.4 Å². The number of nitrogens with one attached hydrogen (secondary N) is 2. The van der Waals surface area contributed by atoms with Gasteiger partial charge in [0.25, 0.3) is 0 Å². The molecule has 1 aliphatic carbocycles. The van der Waals surface area contributed by atoms with E-state index in [2.05, 4.69) is 10.6 Å². The van der Waals surface area contributed by atoms with Gasteiger partial charge in [-0.1, -0.05) is 32.0 Å². The van der Waals surface area contributed by atoms with Crippen molar-refractivity contribution >= 4 is 12.0 Å². The number of amides is 2. The van der Waals surface area contributed by atoms with Crippen LogP contribution in [0.1, 0.15) is 41.0 Å². The molecule has 3 N–H and O–H groups in total. The van der Waals surface area contributed by atoms with Crippen LogP contribution in [0, 0.1) is 5.92 Å². The van der Waals surface area contributed by atoms with Crippen molar-refractivity contribution in [2.45, 2.75) is 70.9 Å². The highest BCUT2D eigenvalue weighted by Crippen LogP contribution is 2.26. The number of aliphatic hydroxyl groups excluding tert-OH is 1. The summed E-state index contributed by atoms with van der Waals surface area (Å²) in [5.41, 5.74) is -0.641. The molecular formula is C20H30N2O5. The van der Waals surface area contributed by atoms with Crippen molar-refractivity contribution in [1.82, 2.24) is 10.6 Å². The molecule has 0 bridgehead atoms. The van der Waals surface area contributed by atoms with Gasteiger partial charge >= 0.3 is 6.09 Å². The molecule has 7 nitrogen and oxygen atoms in total. The van der Waals surface area contributed by atoms with E-state index in [4.69, 9.17) is 9.47 Å². The highest BCUT2D eigenvalue weighted by Gasteiger charge is 2.46. The zero-order chi connectivity index (χ0) is 20.2. The Bertz CT molecular complexity index is 642. The van der Waals surface area contributed by atoms with Crippen molar-refractivity contribution in [3.8, 4) is 5.75 Å². The minimum atomic E-state index is -0.965. The number of alkyl carbamates (subject to hydrolysis) is 1. The number of carbonyl (C=O) groups is 2. The van der Waals surface area contributed by atoms with Crippen LogP contribution in [-0.2, 0) is 9.53 Å². The lowest BCUT2D eigenvalue weighted by Gasteiger charge is -2.27. The summed E-state index contributed by atoms with van der Waals surface area (Å²) >= 11 is 0. The van der Waals surface area contributed by atoms with Crippen LogP contribution in [0.15, 0.2) is 30.3 Å². The van der Waals surface area contributed by atoms with Crippen LogP contribution in [0.25, 0.3) is 0 Å². The maximum absolute atomic E-state index is 12.2. The van der Waals surface area contributed by atoms with Gasteiger partial charge in [-0.3, -0.25) is 4.79 Å². The fourth-order valence-electron chi connectivity index (χ4n) is 2.92. The fraction of sp³-hybridized carbons (Fsp3) is 0.600. The zero-order valence-corrected chi connectivity index (χ0v) is 16.6. The van der Waals surface area contributed by atoms with Gasteiger partial charge in [0, 0.05) is 12.3 Å². The highest BCUT2D eigenvalue weighted by molar-refractivity contribution is 5.78. The maximum atomic E-state index is 12.2. The molecule has 1 aromatic rings. The number of aliphatic hydroxyl groups is 1. The Labute approximate surface area is 160 Å². The largest absolute Gasteiger partial charge is 0.488 e. The van der Waals surface area contributed by atoms with Crippen molar-refractivity contribution in [2.75, 3.05) is 0 Å². The van der Waals surface area contributed by atoms with E-state index < -0.39 is 36.0 Å². The standard InChI is InChI=1S/C20H30N2O5/c1-12(2)18(24)22-16-14(21-19(25)27-20(3,4)5)11-15(17(16)23)26-13-9-7-6-8-10-13/h6-10,12,14-17,23H,11H2,1-5H3,(H,21,25)(H,22,24)/t14-,15-,16+,17+/m1/s1. The maximum Gasteiger partial charge on any atom is 0.407 e. The lowest BCUT2D eigenvalue weighted by Crippen LogP contribution is -2.54. The van der Waals surface area contributed by atoms with E-state index in [0.717, 1.165) is 0 Å². The lowest BCUT2D eigenvalue weighted by molar-refractivity contribution is -0.125. The summed E-state index contributed by atoms with van der Waals surface area (Å²) in [6, 6.07) is 7.96. The second-order valence-corrected chi connectivity index (χ2v) is 8.14. The van der Waals surface area contributed by atoms with E-state index in [9.17, 15) is 14.7 Å². The minimum Gasteiger partial charge on any atom is -0.488 e. The Morgan fingerprint density at radius 2 is 1.78 bits per heavy atom. The Morgan fingerprint density at radius 1 is 1.15 bits per heavy atom. The summed E-state index contributed by atoms with van der Waals surface area (Å²) in [6.45, 7) is 8.86. The third-order valence-electron chi connectivity index (χ3n) is 4.23. The average molecular weight is 378 g/mol. The molecule has 0 aliphatic heterocycles. The van der Waals surface area contributed by atoms with Gasteiger partial charge in [-0.15, -0.1) is 0 Å². The van der Waals surface area contributed by atoms with E-state index in [1.807, 2.05) is 18.2 Å². The van der Waals surface area contributed by atoms with Crippen molar-refractivity contribution < 1.29 is 24.2 Å². The molecule has 1 aromatic carbocycles. The van der Waals surface area contributed by atoms with E-state index in [1.54, 1.807) is 46.8 Å². The predicted molar refractivity (Wildman–Crippen MR) is 101 cm³/mol. The number of hydrogen-bond donors (Lipinski definition) is 3. The molecule has 0 spiro atoms. The summed E-state index contributed by atoms with van der Waals surface area (Å²) in [4.78, 5) is 24.3. The van der Waals surface area contributed by atoms with Gasteiger partial charge < -0.3 is 25.2 Å². The monoisotopic (exact) mass is 378 g/mol. The quantitative estimate of drug-likeness (QED) is 0.730. The topological polar surface area (TPSA) is 96.9 Å². The van der Waals surface area contributed by atoms with Gasteiger partial charge in [0.15, 0.2) is 0 Å². The van der Waals surface area contributed by atoms with E-state index in [-0.39, 0.29) is 11.8 Å². The third-order valence-corrected chi connectivity index (χ3v) is 4.23. The molecule has 0 radical (unpaired) electrons. The first-order chi connectivity index (χ1) is 12.6. The number of ether oxygens (including phenoxy) is 2. The zero-order valence-electron chi connectivity index (χ0n) is 16.6. The first kappa shape index (κ1) is 21.0. The molecule has 1 fully saturated rings. The summed E-state index contributed by atoms with van der Waals surface area (Å²) in [6.07, 6.45) is -1.78. The predicted octanol–water partition coefficient (Wildman–Crippen LogP) is 2.23. The first-order valence-electron chi connectivity index (χ1n) is 9.26. The molecular weight excluding hydrogens is 348 g/mol. The van der Waals surface area contributed by atoms with Crippen LogP contribution >= 0.6 is 0 Å². The molecule has 0 heterocycles. The number of carbonyl (C=O) groups excluding carboxylic acids is 2. The van der Waals surface area contributed by atoms with Crippen LogP contribution in [0.5, 0.6) is 5.75 Å². The normalized spacial score (nSPS) is 25.1. The number of benzene rings is 1. The molecule has 1 saturated carbocycles. The number of para-hydroxylation sites is 1. The molecule has 1 aliphatic rings. The minimum absolute atomic E-state index is 0.199. The SMILES string of the molecule is CC(C)C(=O)N[C@@H]1[C@@H](O)[C@H](Oc2ccccc2)C[C@H]1NC(=O)OC(C)(C)C. The van der Waals surface area contributed by atoms with Crippen LogP contribution in [0.3, 0.4) is 0 Å². The fourth-order valence-corrected chi connectivity index (χ4v) is 2.92. The summed E-state index contributed by atoms with van der Waals surface area (Å²) in [5, 5.41) is 16.3. The third kappa shape index (κ3) is 6.13. The van der Waals surface area contributed by atoms with E-state index >= 15 is 0 Å².